The number of sulfonamides is 1. The Balaban J connectivity index is 2.09. The Bertz CT molecular complexity index is 554. The highest BCUT2D eigenvalue weighted by atomic mass is 79.9. The maximum Gasteiger partial charge on any atom is 0.238 e. The van der Waals surface area contributed by atoms with Crippen molar-refractivity contribution in [1.82, 2.24) is 0 Å². The molecule has 106 valence electrons. The predicted octanol–water partition coefficient (Wildman–Crippen LogP) is 1.81. The van der Waals surface area contributed by atoms with E-state index in [-0.39, 0.29) is 11.0 Å². The molecule has 0 aromatic heterocycles. The molecule has 5 nitrogen and oxygen atoms in total. The molecule has 0 atom stereocenters. The lowest BCUT2D eigenvalue weighted by Crippen LogP contribution is -2.28. The Morgan fingerprint density at radius 3 is 2.42 bits per heavy atom. The molecule has 1 aliphatic carbocycles. The van der Waals surface area contributed by atoms with E-state index in [1.54, 1.807) is 6.07 Å². The largest absolute Gasteiger partial charge is 0.393 e. The van der Waals surface area contributed by atoms with Gasteiger partial charge in [0.05, 0.1) is 11.0 Å². The number of aliphatic hydroxyl groups excluding tert-OH is 1. The molecule has 0 spiro atoms. The maximum absolute atomic E-state index is 11.2. The van der Waals surface area contributed by atoms with Crippen LogP contribution >= 0.6 is 15.9 Å². The van der Waals surface area contributed by atoms with Crippen LogP contribution in [0.3, 0.4) is 0 Å². The van der Waals surface area contributed by atoms with Gasteiger partial charge in [-0.2, -0.15) is 0 Å². The molecule has 0 aliphatic heterocycles. The van der Waals surface area contributed by atoms with Gasteiger partial charge in [0.15, 0.2) is 0 Å². The molecule has 0 saturated heterocycles. The van der Waals surface area contributed by atoms with Crippen LogP contribution < -0.4 is 10.5 Å². The van der Waals surface area contributed by atoms with Crippen LogP contribution in [0.25, 0.3) is 0 Å². The molecular weight excluding hydrogens is 332 g/mol. The lowest BCUT2D eigenvalue weighted by atomic mass is 9.93. The molecule has 1 aromatic rings. The Hall–Kier alpha value is -0.630. The van der Waals surface area contributed by atoms with E-state index in [9.17, 15) is 13.5 Å². The van der Waals surface area contributed by atoms with Gasteiger partial charge in [-0.05, 0) is 59.8 Å². The zero-order valence-electron chi connectivity index (χ0n) is 10.3. The van der Waals surface area contributed by atoms with Crippen LogP contribution in [0.4, 0.5) is 5.69 Å². The monoisotopic (exact) mass is 348 g/mol. The molecule has 0 heterocycles. The van der Waals surface area contributed by atoms with Gasteiger partial charge in [0, 0.05) is 16.2 Å². The molecule has 1 saturated carbocycles. The van der Waals surface area contributed by atoms with Gasteiger partial charge >= 0.3 is 0 Å². The van der Waals surface area contributed by atoms with Gasteiger partial charge in [0.25, 0.3) is 0 Å². The zero-order valence-corrected chi connectivity index (χ0v) is 12.7. The fraction of sp³-hybridized carbons (Fsp3) is 0.500. The lowest BCUT2D eigenvalue weighted by molar-refractivity contribution is 0.126. The summed E-state index contributed by atoms with van der Waals surface area (Å²) < 4.78 is 23.1. The van der Waals surface area contributed by atoms with E-state index < -0.39 is 10.0 Å². The van der Waals surface area contributed by atoms with Crippen molar-refractivity contribution in [2.45, 2.75) is 42.7 Å². The van der Waals surface area contributed by atoms with E-state index in [1.807, 2.05) is 0 Å². The second-order valence-electron chi connectivity index (χ2n) is 4.84. The van der Waals surface area contributed by atoms with Crippen molar-refractivity contribution in [3.05, 3.63) is 22.7 Å². The molecule has 0 bridgehead atoms. The first-order chi connectivity index (χ1) is 8.86. The van der Waals surface area contributed by atoms with Crippen molar-refractivity contribution in [1.29, 1.82) is 0 Å². The Morgan fingerprint density at radius 2 is 1.89 bits per heavy atom. The van der Waals surface area contributed by atoms with Crippen LogP contribution in [0.15, 0.2) is 27.6 Å². The van der Waals surface area contributed by atoms with E-state index in [0.717, 1.165) is 31.4 Å². The number of nitrogens with two attached hydrogens (primary N) is 1. The predicted molar refractivity (Wildman–Crippen MR) is 77.4 cm³/mol. The van der Waals surface area contributed by atoms with Crippen LogP contribution in [-0.2, 0) is 10.0 Å². The van der Waals surface area contributed by atoms with Gasteiger partial charge in [-0.1, -0.05) is 0 Å². The van der Waals surface area contributed by atoms with Crippen molar-refractivity contribution in [2.75, 3.05) is 5.32 Å². The number of rotatable bonds is 3. The molecule has 7 heteroatoms. The Morgan fingerprint density at radius 1 is 1.26 bits per heavy atom. The second kappa shape index (κ2) is 5.78. The third kappa shape index (κ3) is 3.92. The first-order valence-corrected chi connectivity index (χ1v) is 8.47. The van der Waals surface area contributed by atoms with Crippen LogP contribution in [0.1, 0.15) is 25.7 Å². The minimum atomic E-state index is -3.67. The highest BCUT2D eigenvalue weighted by Crippen LogP contribution is 2.28. The van der Waals surface area contributed by atoms with E-state index >= 15 is 0 Å². The summed E-state index contributed by atoms with van der Waals surface area (Å²) in [6, 6.07) is 4.99. The highest BCUT2D eigenvalue weighted by molar-refractivity contribution is 9.10. The van der Waals surface area contributed by atoms with Crippen LogP contribution in [-0.4, -0.2) is 25.7 Å². The second-order valence-corrected chi connectivity index (χ2v) is 7.25. The average Bonchev–Trinajstić information content (AvgIpc) is 2.33. The number of benzene rings is 1. The standard InChI is InChI=1S/C12H17BrN2O3S/c13-11-7-10(19(14,17)18)5-6-12(11)15-8-1-3-9(16)4-2-8/h5-9,15-16H,1-4H2,(H2,14,17,18). The molecule has 4 N–H and O–H groups in total. The van der Waals surface area contributed by atoms with Crippen molar-refractivity contribution in [3.63, 3.8) is 0 Å². The van der Waals surface area contributed by atoms with E-state index in [2.05, 4.69) is 21.2 Å². The van der Waals surface area contributed by atoms with Gasteiger partial charge in [0.1, 0.15) is 0 Å². The maximum atomic E-state index is 11.2. The number of aliphatic hydroxyl groups is 1. The molecule has 1 aromatic carbocycles. The topological polar surface area (TPSA) is 92.4 Å². The number of primary sulfonamides is 1. The first kappa shape index (κ1) is 14.8. The van der Waals surface area contributed by atoms with Crippen molar-refractivity contribution in [3.8, 4) is 0 Å². The average molecular weight is 349 g/mol. The number of halogens is 1. The van der Waals surface area contributed by atoms with E-state index in [4.69, 9.17) is 5.14 Å². The van der Waals surface area contributed by atoms with Gasteiger partial charge in [-0.15, -0.1) is 0 Å². The van der Waals surface area contributed by atoms with E-state index in [1.165, 1.54) is 12.1 Å². The molecule has 1 fully saturated rings. The summed E-state index contributed by atoms with van der Waals surface area (Å²) in [6.45, 7) is 0. The molecule has 19 heavy (non-hydrogen) atoms. The minimum absolute atomic E-state index is 0.0870. The van der Waals surface area contributed by atoms with Gasteiger partial charge in [-0.25, -0.2) is 13.6 Å². The smallest absolute Gasteiger partial charge is 0.238 e. The molecule has 0 unspecified atom stereocenters. The summed E-state index contributed by atoms with van der Waals surface area (Å²) in [5, 5.41) is 17.9. The molecule has 0 radical (unpaired) electrons. The van der Waals surface area contributed by atoms with Crippen molar-refractivity contribution >= 4 is 31.6 Å². The number of nitrogens with one attached hydrogen (secondary N) is 1. The van der Waals surface area contributed by atoms with Gasteiger partial charge in [0.2, 0.25) is 10.0 Å². The third-order valence-electron chi connectivity index (χ3n) is 3.33. The summed E-state index contributed by atoms with van der Waals surface area (Å²) >= 11 is 3.35. The third-order valence-corrected chi connectivity index (χ3v) is 4.89. The summed E-state index contributed by atoms with van der Waals surface area (Å²) in [4.78, 5) is 0.0870. The molecule has 1 aliphatic rings. The van der Waals surface area contributed by atoms with Gasteiger partial charge in [-0.3, -0.25) is 0 Å². The highest BCUT2D eigenvalue weighted by Gasteiger charge is 2.20. The summed E-state index contributed by atoms with van der Waals surface area (Å²) in [5.41, 5.74) is 0.841. The minimum Gasteiger partial charge on any atom is -0.393 e. The zero-order chi connectivity index (χ0) is 14.0. The number of anilines is 1. The quantitative estimate of drug-likeness (QED) is 0.776. The molecule has 0 amide bonds. The molecular formula is C12H17BrN2O3S. The van der Waals surface area contributed by atoms with E-state index in [0.29, 0.717) is 10.5 Å². The molecule has 2 rings (SSSR count). The number of hydrogen-bond acceptors (Lipinski definition) is 4. The fourth-order valence-corrected chi connectivity index (χ4v) is 3.41. The SMILES string of the molecule is NS(=O)(=O)c1ccc(NC2CCC(O)CC2)c(Br)c1. The van der Waals surface area contributed by atoms with Crippen molar-refractivity contribution in [2.24, 2.45) is 5.14 Å². The summed E-state index contributed by atoms with van der Waals surface area (Å²) in [5.74, 6) is 0. The van der Waals surface area contributed by atoms with Crippen LogP contribution in [0, 0.1) is 0 Å². The van der Waals surface area contributed by atoms with Gasteiger partial charge < -0.3 is 10.4 Å². The van der Waals surface area contributed by atoms with Crippen LogP contribution in [0.2, 0.25) is 0 Å². The Kier molecular flexibility index (Phi) is 4.50. The fourth-order valence-electron chi connectivity index (χ4n) is 2.23. The Labute approximate surface area is 121 Å². The summed E-state index contributed by atoms with van der Waals surface area (Å²) in [7, 11) is -3.67. The first-order valence-electron chi connectivity index (χ1n) is 6.13. The van der Waals surface area contributed by atoms with Crippen LogP contribution in [0.5, 0.6) is 0 Å². The van der Waals surface area contributed by atoms with Crippen molar-refractivity contribution < 1.29 is 13.5 Å². The summed E-state index contributed by atoms with van der Waals surface area (Å²) in [6.07, 6.45) is 3.22. The lowest BCUT2D eigenvalue weighted by Gasteiger charge is -2.27. The normalized spacial score (nSPS) is 24.2. The number of hydrogen-bond donors (Lipinski definition) is 3.